The standard InChI is InChI=1S/C17H22N2O3S/c1-11-18-14-8-15(21-2)13(9-16(14)23-11)19-17(20)6-5-12-4-3-7-22-10-12/h8-9,12H,3-7,10H2,1-2H3,(H,19,20)/t12-/m0/s1. The molecule has 1 N–H and O–H groups in total. The number of carbonyl (C=O) groups excluding carboxylic acids is 1. The smallest absolute Gasteiger partial charge is 0.224 e. The Bertz CT molecular complexity index is 692. The molecular weight excluding hydrogens is 312 g/mol. The predicted octanol–water partition coefficient (Wildman–Crippen LogP) is 3.76. The first-order valence-corrected chi connectivity index (χ1v) is 8.80. The van der Waals surface area contributed by atoms with Crippen molar-refractivity contribution < 1.29 is 14.3 Å². The van der Waals surface area contributed by atoms with Crippen LogP contribution >= 0.6 is 11.3 Å². The van der Waals surface area contributed by atoms with Crippen molar-refractivity contribution in [2.24, 2.45) is 5.92 Å². The fourth-order valence-corrected chi connectivity index (χ4v) is 3.77. The number of carbonyl (C=O) groups is 1. The summed E-state index contributed by atoms with van der Waals surface area (Å²) < 4.78 is 11.9. The number of hydrogen-bond acceptors (Lipinski definition) is 5. The first-order valence-electron chi connectivity index (χ1n) is 7.98. The van der Waals surface area contributed by atoms with Crippen LogP contribution in [0.3, 0.4) is 0 Å². The van der Waals surface area contributed by atoms with Gasteiger partial charge in [0.2, 0.25) is 5.91 Å². The molecule has 0 unspecified atom stereocenters. The predicted molar refractivity (Wildman–Crippen MR) is 92.3 cm³/mol. The van der Waals surface area contributed by atoms with Gasteiger partial charge in [-0.25, -0.2) is 4.98 Å². The van der Waals surface area contributed by atoms with Crippen molar-refractivity contribution in [2.45, 2.75) is 32.6 Å². The van der Waals surface area contributed by atoms with E-state index in [0.29, 0.717) is 23.8 Å². The Balaban J connectivity index is 1.65. The van der Waals surface area contributed by atoms with Crippen molar-refractivity contribution in [3.63, 3.8) is 0 Å². The Morgan fingerprint density at radius 3 is 3.13 bits per heavy atom. The van der Waals surface area contributed by atoms with E-state index < -0.39 is 0 Å². The molecule has 1 fully saturated rings. The molecule has 1 aliphatic rings. The second kappa shape index (κ2) is 7.27. The SMILES string of the molecule is COc1cc2nc(C)sc2cc1NC(=O)CC[C@@H]1CCCOC1. The van der Waals surface area contributed by atoms with Gasteiger partial charge in [-0.2, -0.15) is 0 Å². The third-order valence-corrected chi connectivity index (χ3v) is 5.06. The second-order valence-electron chi connectivity index (χ2n) is 5.92. The molecule has 0 saturated carbocycles. The summed E-state index contributed by atoms with van der Waals surface area (Å²) in [5, 5.41) is 3.98. The summed E-state index contributed by atoms with van der Waals surface area (Å²) in [4.78, 5) is 16.7. The van der Waals surface area contributed by atoms with E-state index in [0.717, 1.165) is 47.7 Å². The van der Waals surface area contributed by atoms with Crippen LogP contribution in [0.4, 0.5) is 5.69 Å². The van der Waals surface area contributed by atoms with Crippen LogP contribution in [-0.4, -0.2) is 31.2 Å². The lowest BCUT2D eigenvalue weighted by Gasteiger charge is -2.21. The van der Waals surface area contributed by atoms with Gasteiger partial charge in [-0.15, -0.1) is 11.3 Å². The van der Waals surface area contributed by atoms with Gasteiger partial charge in [0.15, 0.2) is 0 Å². The molecule has 0 bridgehead atoms. The van der Waals surface area contributed by atoms with Crippen LogP contribution in [0.5, 0.6) is 5.75 Å². The van der Waals surface area contributed by atoms with Gasteiger partial charge in [-0.1, -0.05) is 0 Å². The van der Waals surface area contributed by atoms with Crippen molar-refractivity contribution in [1.82, 2.24) is 4.98 Å². The highest BCUT2D eigenvalue weighted by molar-refractivity contribution is 7.18. The van der Waals surface area contributed by atoms with Gasteiger partial charge in [0.25, 0.3) is 0 Å². The Labute approximate surface area is 140 Å². The molecule has 1 aromatic heterocycles. The quantitative estimate of drug-likeness (QED) is 0.904. The minimum Gasteiger partial charge on any atom is -0.494 e. The monoisotopic (exact) mass is 334 g/mol. The zero-order chi connectivity index (χ0) is 16.2. The highest BCUT2D eigenvalue weighted by atomic mass is 32.1. The number of ether oxygens (including phenoxy) is 2. The molecule has 6 heteroatoms. The lowest BCUT2D eigenvalue weighted by molar-refractivity contribution is -0.116. The molecule has 0 spiro atoms. The van der Waals surface area contributed by atoms with Crippen LogP contribution in [0.1, 0.15) is 30.7 Å². The van der Waals surface area contributed by atoms with E-state index >= 15 is 0 Å². The molecule has 0 radical (unpaired) electrons. The third-order valence-electron chi connectivity index (χ3n) is 4.12. The first kappa shape index (κ1) is 16.2. The number of methoxy groups -OCH3 is 1. The summed E-state index contributed by atoms with van der Waals surface area (Å²) >= 11 is 1.61. The maximum Gasteiger partial charge on any atom is 0.224 e. The van der Waals surface area contributed by atoms with Gasteiger partial charge >= 0.3 is 0 Å². The number of aryl methyl sites for hydroxylation is 1. The van der Waals surface area contributed by atoms with Crippen LogP contribution in [0.25, 0.3) is 10.2 Å². The molecule has 1 atom stereocenters. The molecule has 1 amide bonds. The third kappa shape index (κ3) is 4.00. The van der Waals surface area contributed by atoms with Gasteiger partial charge in [0.05, 0.1) is 28.0 Å². The highest BCUT2D eigenvalue weighted by Crippen LogP contribution is 2.33. The molecule has 3 rings (SSSR count). The van der Waals surface area contributed by atoms with E-state index in [1.165, 1.54) is 0 Å². The number of fused-ring (bicyclic) bond motifs is 1. The van der Waals surface area contributed by atoms with Crippen LogP contribution in [0.15, 0.2) is 12.1 Å². The largest absolute Gasteiger partial charge is 0.494 e. The molecule has 124 valence electrons. The number of nitrogens with zero attached hydrogens (tertiary/aromatic N) is 1. The average molecular weight is 334 g/mol. The number of aromatic nitrogens is 1. The van der Waals surface area contributed by atoms with Crippen molar-refractivity contribution in [3.05, 3.63) is 17.1 Å². The lowest BCUT2D eigenvalue weighted by Crippen LogP contribution is -2.20. The molecule has 5 nitrogen and oxygen atoms in total. The average Bonchev–Trinajstić information content (AvgIpc) is 2.92. The molecular formula is C17H22N2O3S. The number of amides is 1. The maximum atomic E-state index is 12.2. The summed E-state index contributed by atoms with van der Waals surface area (Å²) in [5.74, 6) is 1.18. The van der Waals surface area contributed by atoms with Crippen LogP contribution in [0, 0.1) is 12.8 Å². The second-order valence-corrected chi connectivity index (χ2v) is 7.16. The van der Waals surface area contributed by atoms with Crippen molar-refractivity contribution in [1.29, 1.82) is 0 Å². The Kier molecular flexibility index (Phi) is 5.13. The van der Waals surface area contributed by atoms with E-state index in [-0.39, 0.29) is 5.91 Å². The van der Waals surface area contributed by atoms with Gasteiger partial charge in [0.1, 0.15) is 5.75 Å². The zero-order valence-electron chi connectivity index (χ0n) is 13.6. The number of anilines is 1. The molecule has 1 aliphatic heterocycles. The van der Waals surface area contributed by atoms with E-state index in [1.807, 2.05) is 19.1 Å². The van der Waals surface area contributed by atoms with E-state index in [1.54, 1.807) is 18.4 Å². The summed E-state index contributed by atoms with van der Waals surface area (Å²) in [6.07, 6.45) is 3.64. The van der Waals surface area contributed by atoms with Gasteiger partial charge in [-0.3, -0.25) is 4.79 Å². The molecule has 23 heavy (non-hydrogen) atoms. The Morgan fingerprint density at radius 2 is 2.39 bits per heavy atom. The number of thiazole rings is 1. The summed E-state index contributed by atoms with van der Waals surface area (Å²) in [6.45, 7) is 3.61. The number of benzene rings is 1. The summed E-state index contributed by atoms with van der Waals surface area (Å²) in [5.41, 5.74) is 1.62. The molecule has 2 aromatic rings. The maximum absolute atomic E-state index is 12.2. The van der Waals surface area contributed by atoms with Crippen molar-refractivity contribution in [3.8, 4) is 5.75 Å². The van der Waals surface area contributed by atoms with Crippen molar-refractivity contribution in [2.75, 3.05) is 25.6 Å². The first-order chi connectivity index (χ1) is 11.2. The summed E-state index contributed by atoms with van der Waals surface area (Å²) in [7, 11) is 1.61. The van der Waals surface area contributed by atoms with Gasteiger partial charge < -0.3 is 14.8 Å². The Morgan fingerprint density at radius 1 is 1.52 bits per heavy atom. The van der Waals surface area contributed by atoms with Crippen LogP contribution < -0.4 is 10.1 Å². The molecule has 1 saturated heterocycles. The number of hydrogen-bond donors (Lipinski definition) is 1. The van der Waals surface area contributed by atoms with E-state index in [9.17, 15) is 4.79 Å². The van der Waals surface area contributed by atoms with Gasteiger partial charge in [0, 0.05) is 25.7 Å². The Hall–Kier alpha value is -1.66. The van der Waals surface area contributed by atoms with E-state index in [4.69, 9.17) is 9.47 Å². The fraction of sp³-hybridized carbons (Fsp3) is 0.529. The minimum atomic E-state index is 0.0226. The number of rotatable bonds is 5. The van der Waals surface area contributed by atoms with Crippen molar-refractivity contribution >= 4 is 33.1 Å². The van der Waals surface area contributed by atoms with E-state index in [2.05, 4.69) is 10.3 Å². The van der Waals surface area contributed by atoms with Crippen LogP contribution in [0.2, 0.25) is 0 Å². The summed E-state index contributed by atoms with van der Waals surface area (Å²) in [6, 6.07) is 3.82. The zero-order valence-corrected chi connectivity index (χ0v) is 14.4. The normalized spacial score (nSPS) is 18.1. The minimum absolute atomic E-state index is 0.0226. The van der Waals surface area contributed by atoms with Crippen LogP contribution in [-0.2, 0) is 9.53 Å². The topological polar surface area (TPSA) is 60.5 Å². The fourth-order valence-electron chi connectivity index (χ4n) is 2.92. The van der Waals surface area contributed by atoms with Gasteiger partial charge in [-0.05, 0) is 38.2 Å². The lowest BCUT2D eigenvalue weighted by atomic mass is 9.97. The molecule has 2 heterocycles. The molecule has 0 aliphatic carbocycles. The highest BCUT2D eigenvalue weighted by Gasteiger charge is 2.16. The number of nitrogens with one attached hydrogen (secondary N) is 1. The molecule has 1 aromatic carbocycles.